The minimum absolute atomic E-state index is 0.0248. The van der Waals surface area contributed by atoms with E-state index in [9.17, 15) is 17.6 Å². The van der Waals surface area contributed by atoms with Crippen molar-refractivity contribution in [2.75, 3.05) is 10.7 Å². The molecule has 1 aromatic heterocycles. The van der Waals surface area contributed by atoms with Gasteiger partial charge in [0.25, 0.3) is 5.91 Å². The van der Waals surface area contributed by atoms with E-state index in [2.05, 4.69) is 25.9 Å². The van der Waals surface area contributed by atoms with Crippen LogP contribution in [0.15, 0.2) is 71.8 Å². The van der Waals surface area contributed by atoms with Gasteiger partial charge in [-0.3, -0.25) is 15.6 Å². The van der Waals surface area contributed by atoms with Crippen molar-refractivity contribution < 1.29 is 17.6 Å². The molecule has 10 heteroatoms. The highest BCUT2D eigenvalue weighted by Gasteiger charge is 2.27. The number of benzene rings is 2. The number of carbonyl (C=O) groups excluding carboxylic acids is 1. The molecule has 0 spiro atoms. The molecule has 3 aromatic rings. The van der Waals surface area contributed by atoms with Crippen molar-refractivity contribution in [2.45, 2.75) is 23.8 Å². The molecular weight excluding hydrogens is 421 g/mol. The van der Waals surface area contributed by atoms with Crippen molar-refractivity contribution in [3.05, 3.63) is 78.2 Å². The molecule has 160 valence electrons. The van der Waals surface area contributed by atoms with Crippen LogP contribution in [0.1, 0.15) is 23.2 Å². The van der Waals surface area contributed by atoms with Crippen LogP contribution in [0.2, 0.25) is 0 Å². The van der Waals surface area contributed by atoms with Crippen LogP contribution in [-0.2, 0) is 10.0 Å². The summed E-state index contributed by atoms with van der Waals surface area (Å²) in [7, 11) is -3.53. The van der Waals surface area contributed by atoms with Gasteiger partial charge < -0.3 is 5.32 Å². The van der Waals surface area contributed by atoms with Crippen LogP contribution in [0, 0.1) is 5.82 Å². The first-order valence-corrected chi connectivity index (χ1v) is 11.1. The largest absolute Gasteiger partial charge is 0.339 e. The van der Waals surface area contributed by atoms with Gasteiger partial charge in [-0.25, -0.2) is 22.5 Å². The second-order valence-corrected chi connectivity index (χ2v) is 8.75. The van der Waals surface area contributed by atoms with Crippen molar-refractivity contribution >= 4 is 33.1 Å². The van der Waals surface area contributed by atoms with E-state index in [1.165, 1.54) is 30.5 Å². The van der Waals surface area contributed by atoms with Gasteiger partial charge in [-0.15, -0.1) is 0 Å². The fraction of sp³-hybridized carbons (Fsp3) is 0.143. The third-order valence-electron chi connectivity index (χ3n) is 4.52. The van der Waals surface area contributed by atoms with E-state index in [4.69, 9.17) is 0 Å². The molecular formula is C21H20FN5O3S. The van der Waals surface area contributed by atoms with Gasteiger partial charge in [0.1, 0.15) is 11.6 Å². The second-order valence-electron chi connectivity index (χ2n) is 7.03. The van der Waals surface area contributed by atoms with Gasteiger partial charge in [0.15, 0.2) is 0 Å². The Bertz CT molecular complexity index is 1200. The molecule has 1 aliphatic carbocycles. The Kier molecular flexibility index (Phi) is 5.83. The van der Waals surface area contributed by atoms with E-state index >= 15 is 0 Å². The van der Waals surface area contributed by atoms with E-state index in [1.54, 1.807) is 36.4 Å². The number of rotatable bonds is 8. The number of nitrogens with zero attached hydrogens (tertiary/aromatic N) is 1. The third kappa shape index (κ3) is 5.36. The Balaban J connectivity index is 1.41. The number of hydrogen-bond donors (Lipinski definition) is 4. The highest BCUT2D eigenvalue weighted by Crippen LogP contribution is 2.23. The maximum absolute atomic E-state index is 13.4. The molecule has 0 bridgehead atoms. The summed E-state index contributed by atoms with van der Waals surface area (Å²) in [5, 5.41) is 2.92. The summed E-state index contributed by atoms with van der Waals surface area (Å²) >= 11 is 0. The summed E-state index contributed by atoms with van der Waals surface area (Å²) in [6, 6.07) is 15.0. The topological polar surface area (TPSA) is 112 Å². The summed E-state index contributed by atoms with van der Waals surface area (Å²) in [5.74, 6) is -0.620. The summed E-state index contributed by atoms with van der Waals surface area (Å²) in [5.41, 5.74) is 6.49. The van der Waals surface area contributed by atoms with E-state index < -0.39 is 21.7 Å². The zero-order chi connectivity index (χ0) is 21.8. The van der Waals surface area contributed by atoms with Crippen molar-refractivity contribution in [1.82, 2.24) is 15.1 Å². The van der Waals surface area contributed by atoms with Crippen LogP contribution in [0.25, 0.3) is 0 Å². The molecule has 2 aromatic carbocycles. The van der Waals surface area contributed by atoms with E-state index in [0.29, 0.717) is 11.4 Å². The predicted molar refractivity (Wildman–Crippen MR) is 115 cm³/mol. The lowest BCUT2D eigenvalue weighted by atomic mass is 10.2. The van der Waals surface area contributed by atoms with Crippen LogP contribution in [0.3, 0.4) is 0 Å². The van der Waals surface area contributed by atoms with Gasteiger partial charge in [0, 0.05) is 17.9 Å². The molecule has 4 N–H and O–H groups in total. The second kappa shape index (κ2) is 8.70. The Labute approximate surface area is 178 Å². The Morgan fingerprint density at radius 1 is 1.00 bits per heavy atom. The van der Waals surface area contributed by atoms with E-state index in [-0.39, 0.29) is 22.3 Å². The molecule has 4 rings (SSSR count). The molecule has 1 amide bonds. The highest BCUT2D eigenvalue weighted by atomic mass is 32.2. The Morgan fingerprint density at radius 2 is 1.77 bits per heavy atom. The number of halogens is 1. The number of aromatic nitrogens is 1. The molecule has 0 atom stereocenters. The fourth-order valence-electron chi connectivity index (χ4n) is 2.79. The van der Waals surface area contributed by atoms with E-state index in [1.807, 2.05) is 0 Å². The number of nitrogens with one attached hydrogen (secondary N) is 4. The third-order valence-corrected chi connectivity index (χ3v) is 6.06. The first kappa shape index (κ1) is 20.8. The van der Waals surface area contributed by atoms with E-state index in [0.717, 1.165) is 12.8 Å². The molecule has 0 unspecified atom stereocenters. The lowest BCUT2D eigenvalue weighted by Gasteiger charge is -2.13. The number of amides is 1. The SMILES string of the molecule is O=C(NNc1ccc(S(=O)(=O)NC2CC2)cc1)c1cccnc1Nc1cccc(F)c1. The fourth-order valence-corrected chi connectivity index (χ4v) is 4.10. The monoisotopic (exact) mass is 441 g/mol. The smallest absolute Gasteiger partial charge is 0.273 e. The van der Waals surface area contributed by atoms with Crippen molar-refractivity contribution in [2.24, 2.45) is 0 Å². The van der Waals surface area contributed by atoms with Gasteiger partial charge in [0.2, 0.25) is 10.0 Å². The maximum Gasteiger partial charge on any atom is 0.273 e. The van der Waals surface area contributed by atoms with Crippen molar-refractivity contribution in [3.8, 4) is 0 Å². The summed E-state index contributed by atoms with van der Waals surface area (Å²) in [6.07, 6.45) is 3.23. The number of carbonyl (C=O) groups is 1. The number of anilines is 3. The van der Waals surface area contributed by atoms with Crippen LogP contribution in [-0.4, -0.2) is 25.4 Å². The van der Waals surface area contributed by atoms with Gasteiger partial charge >= 0.3 is 0 Å². The Hall–Kier alpha value is -3.50. The molecule has 0 radical (unpaired) electrons. The molecule has 0 aliphatic heterocycles. The molecule has 1 heterocycles. The van der Waals surface area contributed by atoms with Crippen molar-refractivity contribution in [1.29, 1.82) is 0 Å². The average molecular weight is 441 g/mol. The maximum atomic E-state index is 13.4. The molecule has 8 nitrogen and oxygen atoms in total. The minimum atomic E-state index is -3.53. The van der Waals surface area contributed by atoms with Crippen molar-refractivity contribution in [3.63, 3.8) is 0 Å². The predicted octanol–water partition coefficient (Wildman–Crippen LogP) is 3.16. The molecule has 1 saturated carbocycles. The first-order chi connectivity index (χ1) is 14.9. The minimum Gasteiger partial charge on any atom is -0.339 e. The van der Waals surface area contributed by atoms with Crippen LogP contribution in [0.5, 0.6) is 0 Å². The summed E-state index contributed by atoms with van der Waals surface area (Å²) < 4.78 is 40.5. The van der Waals surface area contributed by atoms with Gasteiger partial charge in [-0.1, -0.05) is 6.07 Å². The first-order valence-electron chi connectivity index (χ1n) is 9.57. The zero-order valence-electron chi connectivity index (χ0n) is 16.3. The average Bonchev–Trinajstić information content (AvgIpc) is 3.56. The molecule has 1 fully saturated rings. The Morgan fingerprint density at radius 3 is 2.48 bits per heavy atom. The number of pyridine rings is 1. The van der Waals surface area contributed by atoms with Crippen LogP contribution in [0.4, 0.5) is 21.6 Å². The standard InChI is InChI=1S/C21H20FN5O3S/c22-14-3-1-4-17(13-14)24-20-19(5-2-12-23-20)21(28)26-25-15-8-10-18(11-9-15)31(29,30)27-16-6-7-16/h1-5,8-13,16,25,27H,6-7H2,(H,23,24)(H,26,28). The van der Waals surface area contributed by atoms with Crippen LogP contribution < -0.4 is 20.9 Å². The lowest BCUT2D eigenvalue weighted by molar-refractivity contribution is 0.0963. The molecule has 1 aliphatic rings. The highest BCUT2D eigenvalue weighted by molar-refractivity contribution is 7.89. The van der Waals surface area contributed by atoms with Gasteiger partial charge in [0.05, 0.1) is 16.1 Å². The number of hydrazine groups is 1. The normalized spacial score (nSPS) is 13.5. The number of hydrogen-bond acceptors (Lipinski definition) is 6. The van der Waals surface area contributed by atoms with Crippen LogP contribution >= 0.6 is 0 Å². The quantitative estimate of drug-likeness (QED) is 0.400. The summed E-state index contributed by atoms with van der Waals surface area (Å²) in [6.45, 7) is 0. The summed E-state index contributed by atoms with van der Waals surface area (Å²) in [4.78, 5) is 16.9. The molecule has 31 heavy (non-hydrogen) atoms. The lowest BCUT2D eigenvalue weighted by Crippen LogP contribution is -2.30. The number of sulfonamides is 1. The molecule has 0 saturated heterocycles. The van der Waals surface area contributed by atoms with Gasteiger partial charge in [-0.2, -0.15) is 0 Å². The zero-order valence-corrected chi connectivity index (χ0v) is 17.1. The van der Waals surface area contributed by atoms with Gasteiger partial charge in [-0.05, 0) is 67.4 Å².